The zero-order valence-electron chi connectivity index (χ0n) is 13.6. The maximum Gasteiger partial charge on any atom is 0.0676 e. The van der Waals surface area contributed by atoms with Gasteiger partial charge in [0, 0.05) is 24.5 Å². The highest BCUT2D eigenvalue weighted by Crippen LogP contribution is 2.41. The number of aromatic nitrogens is 1. The first-order valence-electron chi connectivity index (χ1n) is 7.88. The fourth-order valence-electron chi connectivity index (χ4n) is 3.40. The Balaban J connectivity index is 2.33. The average molecular weight is 278 g/mol. The van der Waals surface area contributed by atoms with E-state index >= 15 is 0 Å². The van der Waals surface area contributed by atoms with Crippen molar-refractivity contribution in [2.75, 3.05) is 13.2 Å². The second kappa shape index (κ2) is 5.90. The van der Waals surface area contributed by atoms with Crippen LogP contribution < -0.4 is 5.73 Å². The van der Waals surface area contributed by atoms with E-state index in [9.17, 15) is 0 Å². The van der Waals surface area contributed by atoms with Crippen LogP contribution in [0.1, 0.15) is 64.4 Å². The molecule has 2 atom stereocenters. The van der Waals surface area contributed by atoms with E-state index in [-0.39, 0.29) is 11.5 Å². The Morgan fingerprint density at radius 1 is 1.45 bits per heavy atom. The number of rotatable bonds is 5. The van der Waals surface area contributed by atoms with E-state index in [2.05, 4.69) is 51.4 Å². The fourth-order valence-corrected chi connectivity index (χ4v) is 3.40. The summed E-state index contributed by atoms with van der Waals surface area (Å²) in [5.41, 5.74) is 9.42. The molecule has 1 aliphatic carbocycles. The van der Waals surface area contributed by atoms with Crippen molar-refractivity contribution in [2.24, 2.45) is 17.1 Å². The van der Waals surface area contributed by atoms with Crippen molar-refractivity contribution in [3.8, 4) is 0 Å². The molecule has 0 spiro atoms. The van der Waals surface area contributed by atoms with Gasteiger partial charge < -0.3 is 15.0 Å². The van der Waals surface area contributed by atoms with Crippen molar-refractivity contribution < 1.29 is 4.74 Å². The van der Waals surface area contributed by atoms with Crippen LogP contribution in [0, 0.1) is 11.3 Å². The Kier molecular flexibility index (Phi) is 4.60. The Labute approximate surface area is 123 Å². The highest BCUT2D eigenvalue weighted by Gasteiger charge is 2.33. The third-order valence-corrected chi connectivity index (χ3v) is 4.50. The lowest BCUT2D eigenvalue weighted by atomic mass is 9.74. The highest BCUT2D eigenvalue weighted by molar-refractivity contribution is 5.30. The van der Waals surface area contributed by atoms with Gasteiger partial charge in [-0.2, -0.15) is 0 Å². The molecule has 3 nitrogen and oxygen atoms in total. The zero-order chi connectivity index (χ0) is 14.9. The van der Waals surface area contributed by atoms with Crippen molar-refractivity contribution in [2.45, 2.75) is 59.5 Å². The fraction of sp³-hybridized carbons (Fsp3) is 0.765. The average Bonchev–Trinajstić information content (AvgIpc) is 2.72. The molecule has 0 bridgehead atoms. The summed E-state index contributed by atoms with van der Waals surface area (Å²) < 4.78 is 8.13. The molecule has 0 saturated carbocycles. The second-order valence-electron chi connectivity index (χ2n) is 7.25. The van der Waals surface area contributed by atoms with E-state index in [0.717, 1.165) is 26.1 Å². The van der Waals surface area contributed by atoms with E-state index in [1.54, 1.807) is 0 Å². The maximum absolute atomic E-state index is 6.37. The van der Waals surface area contributed by atoms with Gasteiger partial charge in [-0.25, -0.2) is 0 Å². The van der Waals surface area contributed by atoms with E-state index in [1.165, 1.54) is 11.3 Å². The molecule has 1 aromatic rings. The summed E-state index contributed by atoms with van der Waals surface area (Å²) >= 11 is 0. The molecule has 20 heavy (non-hydrogen) atoms. The summed E-state index contributed by atoms with van der Waals surface area (Å²) in [4.78, 5) is 0. The Morgan fingerprint density at radius 2 is 2.15 bits per heavy atom. The van der Waals surface area contributed by atoms with E-state index in [4.69, 9.17) is 10.5 Å². The summed E-state index contributed by atoms with van der Waals surface area (Å²) in [6.07, 6.45) is 4.40. The molecular formula is C17H30N2O. The molecule has 0 saturated heterocycles. The first kappa shape index (κ1) is 15.6. The van der Waals surface area contributed by atoms with Crippen molar-refractivity contribution in [3.63, 3.8) is 0 Å². The van der Waals surface area contributed by atoms with Crippen molar-refractivity contribution in [1.82, 2.24) is 4.57 Å². The van der Waals surface area contributed by atoms with E-state index in [0.29, 0.717) is 12.0 Å². The molecular weight excluding hydrogens is 248 g/mol. The lowest BCUT2D eigenvalue weighted by molar-refractivity contribution is 0.0941. The molecule has 2 N–H and O–H groups in total. The third kappa shape index (κ3) is 3.09. The van der Waals surface area contributed by atoms with Gasteiger partial charge in [-0.15, -0.1) is 0 Å². The van der Waals surface area contributed by atoms with Gasteiger partial charge in [0.25, 0.3) is 0 Å². The van der Waals surface area contributed by atoms with Crippen molar-refractivity contribution >= 4 is 0 Å². The van der Waals surface area contributed by atoms with Crippen LogP contribution in [0.5, 0.6) is 0 Å². The second-order valence-corrected chi connectivity index (χ2v) is 7.25. The lowest BCUT2D eigenvalue weighted by Crippen LogP contribution is -2.32. The van der Waals surface area contributed by atoms with Crippen molar-refractivity contribution in [3.05, 3.63) is 23.5 Å². The summed E-state index contributed by atoms with van der Waals surface area (Å²) in [5.74, 6) is 0.555. The molecule has 0 aromatic carbocycles. The monoisotopic (exact) mass is 278 g/mol. The first-order chi connectivity index (χ1) is 9.35. The van der Waals surface area contributed by atoms with Gasteiger partial charge in [-0.1, -0.05) is 27.7 Å². The SMILES string of the molecule is CCOCC(C(C)C)n1ccc2c1CC(C)(C)CC2N. The Morgan fingerprint density at radius 3 is 2.75 bits per heavy atom. The molecule has 3 heteroatoms. The molecule has 2 rings (SSSR count). The molecule has 0 fully saturated rings. The van der Waals surface area contributed by atoms with Crippen LogP contribution in [0.2, 0.25) is 0 Å². The van der Waals surface area contributed by atoms with Gasteiger partial charge in [0.15, 0.2) is 0 Å². The predicted octanol–water partition coefficient (Wildman–Crippen LogP) is 3.69. The van der Waals surface area contributed by atoms with Crippen LogP contribution in [-0.2, 0) is 11.2 Å². The minimum absolute atomic E-state index is 0.176. The van der Waals surface area contributed by atoms with E-state index < -0.39 is 0 Å². The molecule has 0 aliphatic heterocycles. The van der Waals surface area contributed by atoms with Gasteiger partial charge in [-0.05, 0) is 42.7 Å². The summed E-state index contributed by atoms with van der Waals surface area (Å²) in [6, 6.07) is 2.80. The number of nitrogens with zero attached hydrogens (tertiary/aromatic N) is 1. The maximum atomic E-state index is 6.37. The Bertz CT molecular complexity index is 448. The van der Waals surface area contributed by atoms with Crippen LogP contribution in [-0.4, -0.2) is 17.8 Å². The summed E-state index contributed by atoms with van der Waals surface area (Å²) in [5, 5.41) is 0. The van der Waals surface area contributed by atoms with Gasteiger partial charge in [0.2, 0.25) is 0 Å². The topological polar surface area (TPSA) is 40.2 Å². The van der Waals surface area contributed by atoms with Crippen molar-refractivity contribution in [1.29, 1.82) is 0 Å². The minimum atomic E-state index is 0.176. The van der Waals surface area contributed by atoms with Crippen LogP contribution in [0.4, 0.5) is 0 Å². The number of ether oxygens (including phenoxy) is 1. The van der Waals surface area contributed by atoms with Gasteiger partial charge in [0.05, 0.1) is 12.6 Å². The molecule has 1 aromatic heterocycles. The minimum Gasteiger partial charge on any atom is -0.380 e. The molecule has 2 unspecified atom stereocenters. The molecule has 1 aliphatic rings. The number of nitrogens with two attached hydrogens (primary N) is 1. The Hall–Kier alpha value is -0.800. The normalized spacial score (nSPS) is 22.9. The lowest BCUT2D eigenvalue weighted by Gasteiger charge is -2.36. The van der Waals surface area contributed by atoms with Gasteiger partial charge >= 0.3 is 0 Å². The molecule has 0 amide bonds. The van der Waals surface area contributed by atoms with E-state index in [1.807, 2.05) is 0 Å². The molecule has 0 radical (unpaired) electrons. The predicted molar refractivity (Wildman–Crippen MR) is 83.8 cm³/mol. The number of fused-ring (bicyclic) bond motifs is 1. The molecule has 1 heterocycles. The standard InChI is InChI=1S/C17H30N2O/c1-6-20-11-16(12(2)3)19-8-7-13-14(18)9-17(4,5)10-15(13)19/h7-8,12,14,16H,6,9-11,18H2,1-5H3. The quantitative estimate of drug-likeness (QED) is 0.892. The number of hydrogen-bond acceptors (Lipinski definition) is 2. The third-order valence-electron chi connectivity index (χ3n) is 4.50. The number of hydrogen-bond donors (Lipinski definition) is 1. The smallest absolute Gasteiger partial charge is 0.0676 e. The largest absolute Gasteiger partial charge is 0.380 e. The van der Waals surface area contributed by atoms with Crippen LogP contribution >= 0.6 is 0 Å². The van der Waals surface area contributed by atoms with Gasteiger partial charge in [-0.3, -0.25) is 0 Å². The zero-order valence-corrected chi connectivity index (χ0v) is 13.6. The van der Waals surface area contributed by atoms with Gasteiger partial charge in [0.1, 0.15) is 0 Å². The van der Waals surface area contributed by atoms with Crippen LogP contribution in [0.25, 0.3) is 0 Å². The summed E-state index contributed by atoms with van der Waals surface area (Å²) in [6.45, 7) is 12.8. The highest BCUT2D eigenvalue weighted by atomic mass is 16.5. The first-order valence-corrected chi connectivity index (χ1v) is 7.88. The molecule has 114 valence electrons. The summed E-state index contributed by atoms with van der Waals surface area (Å²) in [7, 11) is 0. The van der Waals surface area contributed by atoms with Crippen LogP contribution in [0.3, 0.4) is 0 Å². The van der Waals surface area contributed by atoms with Crippen LogP contribution in [0.15, 0.2) is 12.3 Å².